The lowest BCUT2D eigenvalue weighted by atomic mass is 10.0. The van der Waals surface area contributed by atoms with Crippen LogP contribution in [0.3, 0.4) is 0 Å². The van der Waals surface area contributed by atoms with Crippen molar-refractivity contribution < 1.29 is 9.53 Å². The van der Waals surface area contributed by atoms with Crippen molar-refractivity contribution in [3.63, 3.8) is 0 Å². The lowest BCUT2D eigenvalue weighted by molar-refractivity contribution is -0.118. The molecule has 0 saturated heterocycles. The highest BCUT2D eigenvalue weighted by Crippen LogP contribution is 2.36. The van der Waals surface area contributed by atoms with Gasteiger partial charge in [0.2, 0.25) is 0 Å². The van der Waals surface area contributed by atoms with Crippen molar-refractivity contribution in [1.82, 2.24) is 5.32 Å². The van der Waals surface area contributed by atoms with Gasteiger partial charge in [0.05, 0.1) is 12.1 Å². The zero-order chi connectivity index (χ0) is 18.8. The van der Waals surface area contributed by atoms with Crippen LogP contribution >= 0.6 is 12.6 Å². The van der Waals surface area contributed by atoms with Gasteiger partial charge in [-0.15, -0.1) is 12.6 Å². The Kier molecular flexibility index (Phi) is 4.92. The van der Waals surface area contributed by atoms with Gasteiger partial charge in [-0.3, -0.25) is 4.79 Å². The zero-order valence-electron chi connectivity index (χ0n) is 14.8. The summed E-state index contributed by atoms with van der Waals surface area (Å²) in [4.78, 5) is 14.2. The summed E-state index contributed by atoms with van der Waals surface area (Å²) in [5.74, 6) is 0.298. The molecular weight excluding hydrogens is 346 g/mol. The van der Waals surface area contributed by atoms with E-state index in [1.165, 1.54) is 5.56 Å². The Hall–Kier alpha value is -2.91. The van der Waals surface area contributed by atoms with Crippen LogP contribution in [0.2, 0.25) is 0 Å². The first-order chi connectivity index (χ1) is 12.5. The number of ether oxygens (including phenoxy) is 1. The molecule has 1 N–H and O–H groups in total. The fraction of sp³-hybridized carbons (Fsp3) is 0.200. The summed E-state index contributed by atoms with van der Waals surface area (Å²) in [6, 6.07) is 15.4. The summed E-state index contributed by atoms with van der Waals surface area (Å²) < 4.78 is 5.21. The lowest BCUT2D eigenvalue weighted by Gasteiger charge is -2.38. The summed E-state index contributed by atoms with van der Waals surface area (Å²) >= 11 is 4.51. The lowest BCUT2D eigenvalue weighted by Crippen LogP contribution is -2.46. The van der Waals surface area contributed by atoms with Gasteiger partial charge in [0.15, 0.2) is 0 Å². The first kappa shape index (κ1) is 17.9. The van der Waals surface area contributed by atoms with E-state index in [0.717, 1.165) is 22.6 Å². The van der Waals surface area contributed by atoms with E-state index < -0.39 is 12.1 Å². The number of methoxy groups -OCH3 is 1. The van der Waals surface area contributed by atoms with E-state index in [1.54, 1.807) is 7.11 Å². The summed E-state index contributed by atoms with van der Waals surface area (Å²) in [5.41, 5.74) is 4.00. The van der Waals surface area contributed by atoms with Gasteiger partial charge in [-0.1, -0.05) is 18.2 Å². The van der Waals surface area contributed by atoms with Crippen molar-refractivity contribution in [1.29, 1.82) is 5.26 Å². The van der Waals surface area contributed by atoms with Gasteiger partial charge in [-0.2, -0.15) is 5.26 Å². The first-order valence-electron chi connectivity index (χ1n) is 8.11. The van der Waals surface area contributed by atoms with Crippen molar-refractivity contribution >= 4 is 24.2 Å². The minimum atomic E-state index is -0.472. The summed E-state index contributed by atoms with van der Waals surface area (Å²) in [5, 5.41) is 12.6. The SMILES string of the molecule is COc1ccc(C2NC(=O)C(C#N)=C(S)N2c2ccc(C)c(C)c2)cc1. The number of nitrogens with zero attached hydrogens (tertiary/aromatic N) is 2. The smallest absolute Gasteiger partial charge is 0.266 e. The third-order valence-electron chi connectivity index (χ3n) is 4.52. The Bertz CT molecular complexity index is 929. The molecule has 0 spiro atoms. The molecule has 1 aliphatic heterocycles. The number of carbonyl (C=O) groups is 1. The van der Waals surface area contributed by atoms with Gasteiger partial charge in [-0.05, 0) is 54.8 Å². The highest BCUT2D eigenvalue weighted by Gasteiger charge is 2.34. The van der Waals surface area contributed by atoms with Gasteiger partial charge in [0.25, 0.3) is 5.91 Å². The monoisotopic (exact) mass is 365 g/mol. The van der Waals surface area contributed by atoms with E-state index in [9.17, 15) is 10.1 Å². The van der Waals surface area contributed by atoms with E-state index in [-0.39, 0.29) is 5.57 Å². The second kappa shape index (κ2) is 7.14. The van der Waals surface area contributed by atoms with Crippen molar-refractivity contribution in [2.24, 2.45) is 0 Å². The van der Waals surface area contributed by atoms with Gasteiger partial charge < -0.3 is 15.0 Å². The minimum absolute atomic E-state index is 0.00340. The predicted molar refractivity (Wildman–Crippen MR) is 104 cm³/mol. The van der Waals surface area contributed by atoms with Crippen LogP contribution in [0, 0.1) is 25.2 Å². The molecule has 1 unspecified atom stereocenters. The molecule has 1 amide bonds. The summed E-state index contributed by atoms with van der Waals surface area (Å²) in [6.07, 6.45) is -0.472. The number of rotatable bonds is 3. The molecular formula is C20H19N3O2S. The topological polar surface area (TPSA) is 65.4 Å². The van der Waals surface area contributed by atoms with Crippen molar-refractivity contribution in [3.05, 3.63) is 69.8 Å². The second-order valence-corrected chi connectivity index (χ2v) is 6.52. The maximum Gasteiger partial charge on any atom is 0.266 e. The number of anilines is 1. The molecule has 1 atom stereocenters. The van der Waals surface area contributed by atoms with Crippen LogP contribution < -0.4 is 15.0 Å². The Morgan fingerprint density at radius 2 is 1.85 bits per heavy atom. The molecule has 5 nitrogen and oxygen atoms in total. The minimum Gasteiger partial charge on any atom is -0.497 e. The van der Waals surface area contributed by atoms with Gasteiger partial charge in [-0.25, -0.2) is 0 Å². The molecule has 0 aromatic heterocycles. The molecule has 0 saturated carbocycles. The third kappa shape index (κ3) is 3.14. The number of carbonyl (C=O) groups excluding carboxylic acids is 1. The summed E-state index contributed by atoms with van der Waals surface area (Å²) in [7, 11) is 1.60. The number of hydrogen-bond acceptors (Lipinski definition) is 5. The molecule has 0 radical (unpaired) electrons. The van der Waals surface area contributed by atoms with Crippen LogP contribution in [0.4, 0.5) is 5.69 Å². The number of thiol groups is 1. The molecule has 2 aromatic carbocycles. The number of hydrogen-bond donors (Lipinski definition) is 2. The Balaban J connectivity index is 2.14. The van der Waals surface area contributed by atoms with E-state index in [0.29, 0.717) is 5.03 Å². The van der Waals surface area contributed by atoms with E-state index >= 15 is 0 Å². The molecule has 6 heteroatoms. The van der Waals surface area contributed by atoms with Crippen molar-refractivity contribution in [3.8, 4) is 11.8 Å². The van der Waals surface area contributed by atoms with E-state index in [1.807, 2.05) is 67.3 Å². The van der Waals surface area contributed by atoms with E-state index in [2.05, 4.69) is 17.9 Å². The average Bonchev–Trinajstić information content (AvgIpc) is 2.64. The Morgan fingerprint density at radius 3 is 2.42 bits per heavy atom. The van der Waals surface area contributed by atoms with Crippen molar-refractivity contribution in [2.75, 3.05) is 12.0 Å². The highest BCUT2D eigenvalue weighted by atomic mass is 32.1. The Labute approximate surface area is 158 Å². The van der Waals surface area contributed by atoms with Crippen LogP contribution in [-0.2, 0) is 4.79 Å². The second-order valence-electron chi connectivity index (χ2n) is 6.10. The fourth-order valence-electron chi connectivity index (χ4n) is 2.87. The molecule has 1 heterocycles. The number of nitrogens with one attached hydrogen (secondary N) is 1. The molecule has 0 fully saturated rings. The number of benzene rings is 2. The molecule has 26 heavy (non-hydrogen) atoms. The largest absolute Gasteiger partial charge is 0.497 e. The van der Waals surface area contributed by atoms with Gasteiger partial charge in [0.1, 0.15) is 23.6 Å². The van der Waals surface area contributed by atoms with E-state index in [4.69, 9.17) is 4.74 Å². The molecule has 2 aromatic rings. The summed E-state index contributed by atoms with van der Waals surface area (Å²) in [6.45, 7) is 4.06. The maximum absolute atomic E-state index is 12.3. The molecule has 1 aliphatic rings. The number of aryl methyl sites for hydroxylation is 2. The first-order valence-corrected chi connectivity index (χ1v) is 8.55. The standard InChI is InChI=1S/C20H19N3O2S/c1-12-4-7-15(10-13(12)2)23-18(14-5-8-16(25-3)9-6-14)22-19(24)17(11-21)20(23)26/h4-10,18,26H,1-3H3,(H,22,24). The van der Waals surface area contributed by atoms with Gasteiger partial charge >= 0.3 is 0 Å². The quantitative estimate of drug-likeness (QED) is 0.816. The fourth-order valence-corrected chi connectivity index (χ4v) is 3.25. The molecule has 3 rings (SSSR count). The predicted octanol–water partition coefficient (Wildman–Crippen LogP) is 3.61. The van der Waals surface area contributed by atoms with Crippen LogP contribution in [0.25, 0.3) is 0 Å². The van der Waals surface area contributed by atoms with Crippen molar-refractivity contribution in [2.45, 2.75) is 20.0 Å². The molecule has 0 aliphatic carbocycles. The average molecular weight is 365 g/mol. The third-order valence-corrected chi connectivity index (χ3v) is 4.96. The van der Waals surface area contributed by atoms with Crippen LogP contribution in [0.5, 0.6) is 5.75 Å². The maximum atomic E-state index is 12.3. The molecule has 0 bridgehead atoms. The van der Waals surface area contributed by atoms with Crippen LogP contribution in [0.1, 0.15) is 22.9 Å². The normalized spacial score (nSPS) is 17.0. The van der Waals surface area contributed by atoms with Crippen LogP contribution in [-0.4, -0.2) is 13.0 Å². The van der Waals surface area contributed by atoms with Gasteiger partial charge in [0, 0.05) is 5.69 Å². The number of nitriles is 1. The zero-order valence-corrected chi connectivity index (χ0v) is 15.7. The molecule has 132 valence electrons. The Morgan fingerprint density at radius 1 is 1.15 bits per heavy atom. The highest BCUT2D eigenvalue weighted by molar-refractivity contribution is 7.84. The van der Waals surface area contributed by atoms with Crippen LogP contribution in [0.15, 0.2) is 53.1 Å². The number of amides is 1.